The molecule has 3 heterocycles. The van der Waals surface area contributed by atoms with E-state index in [9.17, 15) is 4.79 Å². The lowest BCUT2D eigenvalue weighted by Crippen LogP contribution is -2.32. The van der Waals surface area contributed by atoms with Crippen LogP contribution in [0.2, 0.25) is 0 Å². The summed E-state index contributed by atoms with van der Waals surface area (Å²) in [5, 5.41) is 1.18. The van der Waals surface area contributed by atoms with Gasteiger partial charge >= 0.3 is 0 Å². The first kappa shape index (κ1) is 19.5. The average Bonchev–Trinajstić information content (AvgIpc) is 3.60. The van der Waals surface area contributed by atoms with Gasteiger partial charge in [-0.05, 0) is 53.9 Å². The van der Waals surface area contributed by atoms with Crippen LogP contribution in [0.1, 0.15) is 21.5 Å². The van der Waals surface area contributed by atoms with Crippen molar-refractivity contribution in [3.63, 3.8) is 0 Å². The number of carbonyl (C=O) groups is 1. The zero-order chi connectivity index (χ0) is 22.2. The molecule has 0 unspecified atom stereocenters. The second-order valence-electron chi connectivity index (χ2n) is 8.09. The number of hydrogen-bond acceptors (Lipinski definition) is 5. The molecule has 2 aliphatic heterocycles. The lowest BCUT2D eigenvalue weighted by Gasteiger charge is -2.23. The summed E-state index contributed by atoms with van der Waals surface area (Å²) in [6.45, 7) is 1.41. The third kappa shape index (κ3) is 3.71. The summed E-state index contributed by atoms with van der Waals surface area (Å²) in [5.74, 6) is 2.63. The minimum Gasteiger partial charge on any atom is -0.454 e. The summed E-state index contributed by atoms with van der Waals surface area (Å²) in [6.07, 6.45) is 2.75. The summed E-state index contributed by atoms with van der Waals surface area (Å²) >= 11 is 0. The van der Waals surface area contributed by atoms with Gasteiger partial charge in [0.15, 0.2) is 23.0 Å². The van der Waals surface area contributed by atoms with Crippen molar-refractivity contribution in [2.45, 2.75) is 13.0 Å². The van der Waals surface area contributed by atoms with Crippen molar-refractivity contribution in [3.8, 4) is 23.0 Å². The van der Waals surface area contributed by atoms with Gasteiger partial charge in [0.2, 0.25) is 13.6 Å². The second-order valence-corrected chi connectivity index (χ2v) is 8.09. The van der Waals surface area contributed by atoms with E-state index in [1.165, 1.54) is 10.9 Å². The van der Waals surface area contributed by atoms with Gasteiger partial charge in [-0.3, -0.25) is 4.79 Å². The van der Waals surface area contributed by atoms with Crippen LogP contribution in [-0.4, -0.2) is 35.9 Å². The summed E-state index contributed by atoms with van der Waals surface area (Å²) < 4.78 is 21.8. The highest BCUT2D eigenvalue weighted by Crippen LogP contribution is 2.34. The fourth-order valence-electron chi connectivity index (χ4n) is 4.32. The Morgan fingerprint density at radius 1 is 0.848 bits per heavy atom. The van der Waals surface area contributed by atoms with Crippen molar-refractivity contribution in [1.82, 2.24) is 9.88 Å². The Hall–Kier alpha value is -4.13. The number of fused-ring (bicyclic) bond motifs is 3. The first-order valence-corrected chi connectivity index (χ1v) is 10.9. The molecule has 7 nitrogen and oxygen atoms in total. The Morgan fingerprint density at radius 2 is 1.58 bits per heavy atom. The molecule has 166 valence electrons. The van der Waals surface area contributed by atoms with Crippen molar-refractivity contribution in [2.75, 3.05) is 20.1 Å². The molecule has 0 saturated heterocycles. The molecule has 1 N–H and O–H groups in total. The van der Waals surface area contributed by atoms with Crippen LogP contribution in [0, 0.1) is 0 Å². The van der Waals surface area contributed by atoms with E-state index in [-0.39, 0.29) is 19.5 Å². The van der Waals surface area contributed by atoms with Crippen molar-refractivity contribution in [1.29, 1.82) is 0 Å². The van der Waals surface area contributed by atoms with Gasteiger partial charge in [0.05, 0.1) is 0 Å². The molecule has 0 aliphatic carbocycles. The number of benzene rings is 3. The van der Waals surface area contributed by atoms with Crippen molar-refractivity contribution >= 4 is 16.8 Å². The summed E-state index contributed by atoms with van der Waals surface area (Å²) in [7, 11) is 0. The van der Waals surface area contributed by atoms with Gasteiger partial charge in [-0.15, -0.1) is 0 Å². The van der Waals surface area contributed by atoms with E-state index in [2.05, 4.69) is 17.1 Å². The van der Waals surface area contributed by atoms with Gasteiger partial charge < -0.3 is 28.8 Å². The molecule has 0 bridgehead atoms. The molecule has 0 radical (unpaired) electrons. The Morgan fingerprint density at radius 3 is 2.42 bits per heavy atom. The number of ether oxygens (including phenoxy) is 4. The van der Waals surface area contributed by atoms with Gasteiger partial charge in [0.1, 0.15) is 0 Å². The van der Waals surface area contributed by atoms with Crippen LogP contribution in [0.15, 0.2) is 66.9 Å². The number of aromatic amines is 1. The van der Waals surface area contributed by atoms with Crippen molar-refractivity contribution in [3.05, 3.63) is 83.6 Å². The minimum absolute atomic E-state index is 0.0641. The highest BCUT2D eigenvalue weighted by Gasteiger charge is 2.22. The van der Waals surface area contributed by atoms with Crippen LogP contribution in [-0.2, 0) is 13.0 Å². The third-order valence-corrected chi connectivity index (χ3v) is 6.04. The first-order valence-electron chi connectivity index (χ1n) is 10.9. The van der Waals surface area contributed by atoms with Crippen molar-refractivity contribution < 1.29 is 23.7 Å². The molecule has 33 heavy (non-hydrogen) atoms. The Balaban J connectivity index is 1.28. The largest absolute Gasteiger partial charge is 0.454 e. The number of nitrogens with zero attached hydrogens (tertiary/aromatic N) is 1. The van der Waals surface area contributed by atoms with E-state index in [1.54, 1.807) is 18.2 Å². The molecule has 1 aromatic heterocycles. The monoisotopic (exact) mass is 442 g/mol. The summed E-state index contributed by atoms with van der Waals surface area (Å²) in [4.78, 5) is 18.7. The fourth-order valence-corrected chi connectivity index (χ4v) is 4.32. The molecule has 4 aromatic rings. The standard InChI is InChI=1S/C26H22N2O5/c29-26(18-6-8-23-25(12-18)33-16-31-23)28(14-17-5-7-22-24(11-17)32-15-30-22)10-9-19-13-27-21-4-2-1-3-20(19)21/h1-8,11-13,27H,9-10,14-16H2. The smallest absolute Gasteiger partial charge is 0.254 e. The Bertz CT molecular complexity index is 1350. The van der Waals surface area contributed by atoms with Crippen LogP contribution >= 0.6 is 0 Å². The highest BCUT2D eigenvalue weighted by atomic mass is 16.7. The predicted molar refractivity (Wildman–Crippen MR) is 122 cm³/mol. The summed E-state index contributed by atoms with van der Waals surface area (Å²) in [5.41, 5.74) is 3.82. The average molecular weight is 442 g/mol. The number of nitrogens with one attached hydrogen (secondary N) is 1. The lowest BCUT2D eigenvalue weighted by atomic mass is 10.1. The predicted octanol–water partition coefficient (Wildman–Crippen LogP) is 4.51. The molecule has 2 aliphatic rings. The SMILES string of the molecule is O=C(c1ccc2c(c1)OCO2)N(CCc1c[nH]c2ccccc12)Cc1ccc2c(c1)OCO2. The maximum Gasteiger partial charge on any atom is 0.254 e. The number of amides is 1. The van der Waals surface area contributed by atoms with Gasteiger partial charge in [-0.1, -0.05) is 24.3 Å². The van der Waals surface area contributed by atoms with E-state index in [1.807, 2.05) is 41.4 Å². The third-order valence-electron chi connectivity index (χ3n) is 6.04. The molecular weight excluding hydrogens is 420 g/mol. The van der Waals surface area contributed by atoms with E-state index in [4.69, 9.17) is 18.9 Å². The number of rotatable bonds is 6. The maximum atomic E-state index is 13.6. The molecular formula is C26H22N2O5. The highest BCUT2D eigenvalue weighted by molar-refractivity contribution is 5.95. The van der Waals surface area contributed by atoms with E-state index >= 15 is 0 Å². The minimum atomic E-state index is -0.0641. The topological polar surface area (TPSA) is 73.0 Å². The molecule has 0 atom stereocenters. The van der Waals surface area contributed by atoms with E-state index < -0.39 is 0 Å². The number of carbonyl (C=O) groups excluding carboxylic acids is 1. The second kappa shape index (κ2) is 8.09. The van der Waals surface area contributed by atoms with Gasteiger partial charge in [0.25, 0.3) is 5.91 Å². The van der Waals surface area contributed by atoms with Gasteiger partial charge in [-0.2, -0.15) is 0 Å². The molecule has 0 spiro atoms. The van der Waals surface area contributed by atoms with E-state index in [0.717, 1.165) is 23.3 Å². The number of hydrogen-bond donors (Lipinski definition) is 1. The first-order chi connectivity index (χ1) is 16.2. The quantitative estimate of drug-likeness (QED) is 0.476. The van der Waals surface area contributed by atoms with Crippen LogP contribution < -0.4 is 18.9 Å². The van der Waals surface area contributed by atoms with Crippen LogP contribution in [0.5, 0.6) is 23.0 Å². The van der Waals surface area contributed by atoms with E-state index in [0.29, 0.717) is 35.9 Å². The fraction of sp³-hybridized carbons (Fsp3) is 0.192. The maximum absolute atomic E-state index is 13.6. The van der Waals surface area contributed by atoms with Gasteiger partial charge in [0, 0.05) is 35.8 Å². The molecule has 3 aromatic carbocycles. The number of H-pyrrole nitrogens is 1. The van der Waals surface area contributed by atoms with Crippen LogP contribution in [0.4, 0.5) is 0 Å². The zero-order valence-corrected chi connectivity index (χ0v) is 17.9. The number of para-hydroxylation sites is 1. The molecule has 7 heteroatoms. The summed E-state index contributed by atoms with van der Waals surface area (Å²) in [6, 6.07) is 19.3. The Kier molecular flexibility index (Phi) is 4.79. The normalized spacial score (nSPS) is 13.5. The zero-order valence-electron chi connectivity index (χ0n) is 17.9. The van der Waals surface area contributed by atoms with Crippen LogP contribution in [0.3, 0.4) is 0 Å². The molecule has 0 saturated carbocycles. The molecule has 1 amide bonds. The number of aromatic nitrogens is 1. The van der Waals surface area contributed by atoms with Crippen LogP contribution in [0.25, 0.3) is 10.9 Å². The van der Waals surface area contributed by atoms with Crippen molar-refractivity contribution in [2.24, 2.45) is 0 Å². The van der Waals surface area contributed by atoms with Gasteiger partial charge in [-0.25, -0.2) is 0 Å². The lowest BCUT2D eigenvalue weighted by molar-refractivity contribution is 0.0744. The molecule has 6 rings (SSSR count). The Labute approximate surface area is 190 Å². The molecule has 0 fully saturated rings.